The van der Waals surface area contributed by atoms with E-state index in [-0.39, 0.29) is 11.9 Å². The van der Waals surface area contributed by atoms with Crippen LogP contribution in [0.3, 0.4) is 0 Å². The van der Waals surface area contributed by atoms with Crippen LogP contribution in [0.2, 0.25) is 5.02 Å². The summed E-state index contributed by atoms with van der Waals surface area (Å²) in [5.41, 5.74) is 1.70. The molecule has 0 spiro atoms. The number of hydrogen-bond donors (Lipinski definition) is 1. The summed E-state index contributed by atoms with van der Waals surface area (Å²) in [5.74, 6) is -0.127. The highest BCUT2D eigenvalue weighted by Crippen LogP contribution is 2.18. The van der Waals surface area contributed by atoms with E-state index in [0.717, 1.165) is 11.3 Å². The van der Waals surface area contributed by atoms with Gasteiger partial charge in [-0.2, -0.15) is 0 Å². The van der Waals surface area contributed by atoms with Crippen LogP contribution in [-0.4, -0.2) is 23.8 Å². The van der Waals surface area contributed by atoms with Crippen molar-refractivity contribution in [2.75, 3.05) is 0 Å². The molecule has 0 aromatic heterocycles. The van der Waals surface area contributed by atoms with E-state index in [9.17, 15) is 4.79 Å². The Labute approximate surface area is 111 Å². The molecule has 1 aromatic carbocycles. The van der Waals surface area contributed by atoms with E-state index < -0.39 is 6.10 Å². The molecule has 1 aliphatic heterocycles. The van der Waals surface area contributed by atoms with Crippen LogP contribution in [0.5, 0.6) is 0 Å². The Bertz CT molecular complexity index is 468. The van der Waals surface area contributed by atoms with Gasteiger partial charge in [-0.3, -0.25) is 4.79 Å². The number of hydrogen-bond acceptors (Lipinski definition) is 3. The predicted octanol–water partition coefficient (Wildman–Crippen LogP) is 2.36. The average Bonchev–Trinajstić information content (AvgIpc) is 2.78. The smallest absolute Gasteiger partial charge is 0.264 e. The predicted molar refractivity (Wildman–Crippen MR) is 70.8 cm³/mol. The Hall–Kier alpha value is -1.55. The summed E-state index contributed by atoms with van der Waals surface area (Å²) < 4.78 is 0. The third-order valence-electron chi connectivity index (χ3n) is 2.57. The summed E-state index contributed by atoms with van der Waals surface area (Å²) in [7, 11) is 0. The Morgan fingerprint density at radius 1 is 1.44 bits per heavy atom. The summed E-state index contributed by atoms with van der Waals surface area (Å²) in [5, 5.41) is 7.44. The van der Waals surface area contributed by atoms with Gasteiger partial charge in [0, 0.05) is 17.5 Å². The summed E-state index contributed by atoms with van der Waals surface area (Å²) >= 11 is 5.82. The molecule has 0 aliphatic carbocycles. The first-order valence-electron chi connectivity index (χ1n) is 5.85. The number of carbonyl (C=O) groups is 1. The molecule has 1 aliphatic rings. The van der Waals surface area contributed by atoms with E-state index in [1.54, 1.807) is 12.1 Å². The van der Waals surface area contributed by atoms with Gasteiger partial charge < -0.3 is 10.2 Å². The lowest BCUT2D eigenvalue weighted by Crippen LogP contribution is -2.38. The summed E-state index contributed by atoms with van der Waals surface area (Å²) in [6.45, 7) is 3.82. The van der Waals surface area contributed by atoms with E-state index in [4.69, 9.17) is 16.4 Å². The number of rotatable bonds is 3. The molecule has 1 heterocycles. The van der Waals surface area contributed by atoms with E-state index in [1.807, 2.05) is 26.0 Å². The molecule has 5 heteroatoms. The summed E-state index contributed by atoms with van der Waals surface area (Å²) in [6.07, 6.45) is -0.0433. The second-order valence-corrected chi connectivity index (χ2v) is 4.94. The number of halogens is 1. The maximum absolute atomic E-state index is 11.8. The minimum atomic E-state index is -0.530. The Morgan fingerprint density at radius 2 is 2.11 bits per heavy atom. The largest absolute Gasteiger partial charge is 0.382 e. The number of benzene rings is 1. The van der Waals surface area contributed by atoms with Gasteiger partial charge in [-0.25, -0.2) is 0 Å². The normalized spacial score (nSPS) is 18.4. The molecule has 1 atom stereocenters. The quantitative estimate of drug-likeness (QED) is 0.913. The molecule has 1 amide bonds. The molecule has 1 aromatic rings. The standard InChI is InChI=1S/C13H15ClN2O2/c1-8(2)15-13(17)12-7-11(16-18-12)9-3-5-10(14)6-4-9/h3-6,8,12H,7H2,1-2H3,(H,15,17)/t12-/m1/s1. The van der Waals surface area contributed by atoms with Crippen LogP contribution >= 0.6 is 11.6 Å². The first-order valence-corrected chi connectivity index (χ1v) is 6.23. The molecule has 96 valence electrons. The lowest BCUT2D eigenvalue weighted by Gasteiger charge is -2.11. The molecule has 4 nitrogen and oxygen atoms in total. The van der Waals surface area contributed by atoms with Gasteiger partial charge >= 0.3 is 0 Å². The van der Waals surface area contributed by atoms with Gasteiger partial charge in [0.2, 0.25) is 6.10 Å². The van der Waals surface area contributed by atoms with E-state index in [1.165, 1.54) is 0 Å². The average molecular weight is 267 g/mol. The Morgan fingerprint density at radius 3 is 2.72 bits per heavy atom. The van der Waals surface area contributed by atoms with Crippen molar-refractivity contribution in [1.29, 1.82) is 0 Å². The van der Waals surface area contributed by atoms with Crippen LogP contribution in [-0.2, 0) is 9.63 Å². The fourth-order valence-corrected chi connectivity index (χ4v) is 1.83. The third-order valence-corrected chi connectivity index (χ3v) is 2.82. The second-order valence-electron chi connectivity index (χ2n) is 4.51. The SMILES string of the molecule is CC(C)NC(=O)[C@H]1CC(c2ccc(Cl)cc2)=NO1. The third kappa shape index (κ3) is 3.01. The van der Waals surface area contributed by atoms with Crippen LogP contribution in [0.1, 0.15) is 25.8 Å². The van der Waals surface area contributed by atoms with Crippen molar-refractivity contribution in [3.05, 3.63) is 34.9 Å². The molecule has 1 N–H and O–H groups in total. The monoisotopic (exact) mass is 266 g/mol. The molecule has 0 unspecified atom stereocenters. The van der Waals surface area contributed by atoms with Gasteiger partial charge in [-0.05, 0) is 31.5 Å². The maximum Gasteiger partial charge on any atom is 0.264 e. The highest BCUT2D eigenvalue weighted by molar-refractivity contribution is 6.30. The van der Waals surface area contributed by atoms with Gasteiger partial charge in [-0.15, -0.1) is 0 Å². The van der Waals surface area contributed by atoms with E-state index in [2.05, 4.69) is 10.5 Å². The molecule has 2 rings (SSSR count). The van der Waals surface area contributed by atoms with Crippen molar-refractivity contribution < 1.29 is 9.63 Å². The second kappa shape index (κ2) is 5.40. The fourth-order valence-electron chi connectivity index (χ4n) is 1.71. The zero-order valence-electron chi connectivity index (χ0n) is 10.3. The van der Waals surface area contributed by atoms with Crippen molar-refractivity contribution in [3.63, 3.8) is 0 Å². The fraction of sp³-hybridized carbons (Fsp3) is 0.385. The topological polar surface area (TPSA) is 50.7 Å². The molecule has 0 saturated heterocycles. The first-order chi connectivity index (χ1) is 8.56. The number of nitrogens with zero attached hydrogens (tertiary/aromatic N) is 1. The maximum atomic E-state index is 11.8. The van der Waals surface area contributed by atoms with Crippen molar-refractivity contribution in [2.24, 2.45) is 5.16 Å². The van der Waals surface area contributed by atoms with E-state index >= 15 is 0 Å². The molecular formula is C13H15ClN2O2. The minimum absolute atomic E-state index is 0.0979. The Balaban J connectivity index is 1.99. The van der Waals surface area contributed by atoms with Crippen LogP contribution in [0, 0.1) is 0 Å². The number of oxime groups is 1. The molecular weight excluding hydrogens is 252 g/mol. The van der Waals surface area contributed by atoms with Crippen LogP contribution in [0.15, 0.2) is 29.4 Å². The number of carbonyl (C=O) groups excluding carboxylic acids is 1. The molecule has 0 fully saturated rings. The number of nitrogens with one attached hydrogen (secondary N) is 1. The lowest BCUT2D eigenvalue weighted by molar-refractivity contribution is -0.131. The number of amides is 1. The minimum Gasteiger partial charge on any atom is -0.382 e. The van der Waals surface area contributed by atoms with Gasteiger partial charge in [0.25, 0.3) is 5.91 Å². The summed E-state index contributed by atoms with van der Waals surface area (Å²) in [6, 6.07) is 7.42. The lowest BCUT2D eigenvalue weighted by atomic mass is 10.0. The van der Waals surface area contributed by atoms with Crippen LogP contribution < -0.4 is 5.32 Å². The van der Waals surface area contributed by atoms with Gasteiger partial charge in [0.05, 0.1) is 5.71 Å². The van der Waals surface area contributed by atoms with Crippen molar-refractivity contribution >= 4 is 23.2 Å². The van der Waals surface area contributed by atoms with Crippen molar-refractivity contribution in [1.82, 2.24) is 5.32 Å². The summed E-state index contributed by atoms with van der Waals surface area (Å²) in [4.78, 5) is 16.9. The van der Waals surface area contributed by atoms with Crippen LogP contribution in [0.4, 0.5) is 0 Å². The van der Waals surface area contributed by atoms with Crippen LogP contribution in [0.25, 0.3) is 0 Å². The van der Waals surface area contributed by atoms with Gasteiger partial charge in [0.15, 0.2) is 0 Å². The van der Waals surface area contributed by atoms with E-state index in [0.29, 0.717) is 11.4 Å². The van der Waals surface area contributed by atoms with Gasteiger partial charge in [-0.1, -0.05) is 28.9 Å². The highest BCUT2D eigenvalue weighted by Gasteiger charge is 2.28. The highest BCUT2D eigenvalue weighted by atomic mass is 35.5. The zero-order chi connectivity index (χ0) is 13.1. The zero-order valence-corrected chi connectivity index (χ0v) is 11.1. The van der Waals surface area contributed by atoms with Crippen molar-refractivity contribution in [3.8, 4) is 0 Å². The molecule has 18 heavy (non-hydrogen) atoms. The Kier molecular flexibility index (Phi) is 3.87. The van der Waals surface area contributed by atoms with Gasteiger partial charge in [0.1, 0.15) is 0 Å². The first kappa shape index (κ1) is 12.9. The van der Waals surface area contributed by atoms with Crippen molar-refractivity contribution in [2.45, 2.75) is 32.4 Å². The molecule has 0 bridgehead atoms. The molecule has 0 radical (unpaired) electrons. The molecule has 0 saturated carbocycles.